The first kappa shape index (κ1) is 24.1. The molecule has 3 rings (SSSR count). The number of carbonyl (C=O) groups excluding carboxylic acids is 1. The summed E-state index contributed by atoms with van der Waals surface area (Å²) in [6.45, 7) is 0.0303. The summed E-state index contributed by atoms with van der Waals surface area (Å²) in [7, 11) is 0. The number of rotatable bonds is 2. The van der Waals surface area contributed by atoms with E-state index in [0.29, 0.717) is 17.9 Å². The SMILES string of the molecule is O=C(Nc1cc(C(F)(F)F)cc(C(F)(F)F)c1)N1CCSC1c1cccc(C(F)(F)F)c1. The van der Waals surface area contributed by atoms with Crippen LogP contribution in [0.5, 0.6) is 0 Å². The molecule has 0 aliphatic carbocycles. The Hall–Kier alpha value is -2.57. The van der Waals surface area contributed by atoms with E-state index in [1.54, 1.807) is 0 Å². The lowest BCUT2D eigenvalue weighted by Gasteiger charge is -2.25. The van der Waals surface area contributed by atoms with E-state index < -0.39 is 52.3 Å². The Morgan fingerprint density at radius 2 is 1.41 bits per heavy atom. The van der Waals surface area contributed by atoms with Crippen LogP contribution in [0, 0.1) is 0 Å². The van der Waals surface area contributed by atoms with Crippen LogP contribution in [-0.4, -0.2) is 23.2 Å². The van der Waals surface area contributed by atoms with Gasteiger partial charge < -0.3 is 10.2 Å². The fraction of sp³-hybridized carbons (Fsp3) is 0.316. The summed E-state index contributed by atoms with van der Waals surface area (Å²) >= 11 is 1.11. The van der Waals surface area contributed by atoms with Crippen LogP contribution in [0.25, 0.3) is 0 Å². The quantitative estimate of drug-likeness (QED) is 0.461. The zero-order chi connectivity index (χ0) is 23.9. The molecule has 2 amide bonds. The van der Waals surface area contributed by atoms with Gasteiger partial charge in [-0.3, -0.25) is 0 Å². The predicted octanol–water partition coefficient (Wildman–Crippen LogP) is 7.02. The molecule has 1 atom stereocenters. The van der Waals surface area contributed by atoms with Gasteiger partial charge in [0.2, 0.25) is 0 Å². The molecule has 1 N–H and O–H groups in total. The summed E-state index contributed by atoms with van der Waals surface area (Å²) in [5, 5.41) is 1.11. The highest BCUT2D eigenvalue weighted by Crippen LogP contribution is 2.41. The Kier molecular flexibility index (Phi) is 6.33. The van der Waals surface area contributed by atoms with Crippen molar-refractivity contribution < 1.29 is 44.3 Å². The maximum absolute atomic E-state index is 13.0. The molecule has 3 nitrogen and oxygen atoms in total. The van der Waals surface area contributed by atoms with E-state index in [1.807, 2.05) is 5.32 Å². The van der Waals surface area contributed by atoms with Crippen molar-refractivity contribution in [2.24, 2.45) is 0 Å². The number of nitrogens with one attached hydrogen (secondary N) is 1. The van der Waals surface area contributed by atoms with Crippen molar-refractivity contribution in [1.82, 2.24) is 4.90 Å². The average Bonchev–Trinajstić information content (AvgIpc) is 3.16. The van der Waals surface area contributed by atoms with Gasteiger partial charge in [0, 0.05) is 18.0 Å². The van der Waals surface area contributed by atoms with Crippen LogP contribution in [0.15, 0.2) is 42.5 Å². The normalized spacial score (nSPS) is 17.5. The molecule has 1 aliphatic rings. The second kappa shape index (κ2) is 8.41. The predicted molar refractivity (Wildman–Crippen MR) is 98.8 cm³/mol. The highest BCUT2D eigenvalue weighted by Gasteiger charge is 2.38. The Bertz CT molecular complexity index is 969. The molecule has 174 valence electrons. The summed E-state index contributed by atoms with van der Waals surface area (Å²) in [4.78, 5) is 13.7. The van der Waals surface area contributed by atoms with Crippen LogP contribution < -0.4 is 5.32 Å². The topological polar surface area (TPSA) is 32.3 Å². The van der Waals surface area contributed by atoms with Crippen molar-refractivity contribution in [2.75, 3.05) is 17.6 Å². The van der Waals surface area contributed by atoms with Gasteiger partial charge in [0.15, 0.2) is 0 Å². The molecule has 0 spiro atoms. The lowest BCUT2D eigenvalue weighted by atomic mass is 10.1. The Morgan fingerprint density at radius 3 is 1.94 bits per heavy atom. The third-order valence-electron chi connectivity index (χ3n) is 4.49. The molecule has 0 aromatic heterocycles. The van der Waals surface area contributed by atoms with Gasteiger partial charge in [-0.1, -0.05) is 12.1 Å². The van der Waals surface area contributed by atoms with Gasteiger partial charge >= 0.3 is 24.6 Å². The number of hydrogen-bond donors (Lipinski definition) is 1. The first-order chi connectivity index (χ1) is 14.7. The zero-order valence-corrected chi connectivity index (χ0v) is 16.5. The van der Waals surface area contributed by atoms with Gasteiger partial charge in [-0.2, -0.15) is 39.5 Å². The molecule has 1 heterocycles. The largest absolute Gasteiger partial charge is 0.416 e. The third-order valence-corrected chi connectivity index (χ3v) is 5.75. The number of hydrogen-bond acceptors (Lipinski definition) is 2. The highest BCUT2D eigenvalue weighted by atomic mass is 32.2. The molecule has 1 saturated heterocycles. The van der Waals surface area contributed by atoms with E-state index in [1.165, 1.54) is 6.07 Å². The summed E-state index contributed by atoms with van der Waals surface area (Å²) in [6, 6.07) is 3.78. The zero-order valence-electron chi connectivity index (χ0n) is 15.7. The number of benzene rings is 2. The summed E-state index contributed by atoms with van der Waals surface area (Å²) < 4.78 is 117. The third kappa shape index (κ3) is 5.43. The van der Waals surface area contributed by atoms with Gasteiger partial charge in [-0.25, -0.2) is 4.79 Å². The Labute approximate surface area is 179 Å². The maximum atomic E-state index is 13.0. The lowest BCUT2D eigenvalue weighted by Crippen LogP contribution is -2.34. The van der Waals surface area contributed by atoms with Crippen LogP contribution in [0.4, 0.5) is 50.0 Å². The maximum Gasteiger partial charge on any atom is 0.416 e. The molecule has 2 aromatic carbocycles. The fourth-order valence-electron chi connectivity index (χ4n) is 3.05. The van der Waals surface area contributed by atoms with E-state index in [4.69, 9.17) is 0 Å². The van der Waals surface area contributed by atoms with E-state index >= 15 is 0 Å². The van der Waals surface area contributed by atoms with Crippen molar-refractivity contribution in [1.29, 1.82) is 0 Å². The number of thioether (sulfide) groups is 1. The van der Waals surface area contributed by atoms with Crippen LogP contribution in [0.3, 0.4) is 0 Å². The summed E-state index contributed by atoms with van der Waals surface area (Å²) in [5.41, 5.74) is -4.77. The number of nitrogens with zero attached hydrogens (tertiary/aromatic N) is 1. The van der Waals surface area contributed by atoms with E-state index in [2.05, 4.69) is 0 Å². The second-order valence-corrected chi connectivity index (χ2v) is 7.95. The average molecular weight is 488 g/mol. The fourth-order valence-corrected chi connectivity index (χ4v) is 4.29. The highest BCUT2D eigenvalue weighted by molar-refractivity contribution is 7.99. The molecule has 2 aromatic rings. The first-order valence-corrected chi connectivity index (χ1v) is 9.87. The van der Waals surface area contributed by atoms with Crippen LogP contribution in [0.1, 0.15) is 27.6 Å². The minimum atomic E-state index is -5.09. The Balaban J connectivity index is 1.88. The summed E-state index contributed by atoms with van der Waals surface area (Å²) in [6.07, 6.45) is -14.8. The first-order valence-electron chi connectivity index (χ1n) is 8.82. The molecule has 1 fully saturated rings. The molecular formula is C19H13F9N2OS. The van der Waals surface area contributed by atoms with E-state index in [-0.39, 0.29) is 18.2 Å². The molecule has 0 bridgehead atoms. The molecular weight excluding hydrogens is 475 g/mol. The minimum absolute atomic E-state index is 0.0303. The number of urea groups is 1. The monoisotopic (exact) mass is 488 g/mol. The van der Waals surface area contributed by atoms with E-state index in [9.17, 15) is 44.3 Å². The smallest absolute Gasteiger partial charge is 0.308 e. The number of halogens is 9. The van der Waals surface area contributed by atoms with Crippen molar-refractivity contribution in [3.8, 4) is 0 Å². The number of anilines is 1. The number of carbonyl (C=O) groups is 1. The van der Waals surface area contributed by atoms with Gasteiger partial charge in [-0.15, -0.1) is 11.8 Å². The van der Waals surface area contributed by atoms with Gasteiger partial charge in [0.05, 0.1) is 16.7 Å². The second-order valence-electron chi connectivity index (χ2n) is 6.76. The number of amides is 2. The van der Waals surface area contributed by atoms with Crippen molar-refractivity contribution in [3.63, 3.8) is 0 Å². The van der Waals surface area contributed by atoms with E-state index in [0.717, 1.165) is 34.9 Å². The number of alkyl halides is 9. The Morgan fingerprint density at radius 1 is 0.844 bits per heavy atom. The van der Waals surface area contributed by atoms with Gasteiger partial charge in [0.1, 0.15) is 5.37 Å². The summed E-state index contributed by atoms with van der Waals surface area (Å²) in [5.74, 6) is 0.310. The molecule has 1 aliphatic heterocycles. The molecule has 13 heteroatoms. The van der Waals surface area contributed by atoms with Gasteiger partial charge in [0.25, 0.3) is 0 Å². The lowest BCUT2D eigenvalue weighted by molar-refractivity contribution is -0.143. The molecule has 0 saturated carbocycles. The minimum Gasteiger partial charge on any atom is -0.308 e. The van der Waals surface area contributed by atoms with Crippen LogP contribution in [0.2, 0.25) is 0 Å². The van der Waals surface area contributed by atoms with Crippen molar-refractivity contribution in [2.45, 2.75) is 23.9 Å². The molecule has 0 radical (unpaired) electrons. The van der Waals surface area contributed by atoms with Gasteiger partial charge in [-0.05, 0) is 35.9 Å². The standard InChI is InChI=1S/C19H13F9N2OS/c20-17(21,22)11-3-1-2-10(6-11)15-30(4-5-32-15)16(31)29-14-8-12(18(23,24)25)7-13(9-14)19(26,27)28/h1-3,6-9,15H,4-5H2,(H,29,31). The molecule has 1 unspecified atom stereocenters. The van der Waals surface area contributed by atoms with Crippen molar-refractivity contribution >= 4 is 23.5 Å². The van der Waals surface area contributed by atoms with Crippen molar-refractivity contribution in [3.05, 3.63) is 64.7 Å². The molecule has 32 heavy (non-hydrogen) atoms. The van der Waals surface area contributed by atoms with Crippen LogP contribution >= 0.6 is 11.8 Å². The van der Waals surface area contributed by atoms with Crippen LogP contribution in [-0.2, 0) is 18.5 Å².